The summed E-state index contributed by atoms with van der Waals surface area (Å²) in [7, 11) is -1.59. The highest BCUT2D eigenvalue weighted by atomic mass is 16.4. The molecule has 27 heavy (non-hydrogen) atoms. The van der Waals surface area contributed by atoms with Crippen LogP contribution in [0.3, 0.4) is 0 Å². The van der Waals surface area contributed by atoms with Crippen molar-refractivity contribution in [3.8, 4) is 0 Å². The second kappa shape index (κ2) is 10.9. The minimum atomic E-state index is -1.59. The molecule has 2 aromatic rings. The lowest BCUT2D eigenvalue weighted by molar-refractivity contribution is -0.121. The Balaban J connectivity index is 1.86. The summed E-state index contributed by atoms with van der Waals surface area (Å²) in [5.74, 6) is -0.890. The van der Waals surface area contributed by atoms with Crippen molar-refractivity contribution >= 4 is 13.0 Å². The molecule has 0 unspecified atom stereocenters. The SMILES string of the molecule is CCN(CCC(=O)N[C@@H](Cc1ccccc1)B(O)O)Cc1ccccc1C. The number of carbonyl (C=O) groups excluding carboxylic acids is 1. The first-order valence-electron chi connectivity index (χ1n) is 9.46. The summed E-state index contributed by atoms with van der Waals surface area (Å²) in [6.07, 6.45) is 0.697. The Morgan fingerprint density at radius 2 is 1.78 bits per heavy atom. The van der Waals surface area contributed by atoms with Crippen LogP contribution in [0.2, 0.25) is 0 Å². The highest BCUT2D eigenvalue weighted by Gasteiger charge is 2.25. The van der Waals surface area contributed by atoms with Crippen molar-refractivity contribution in [2.75, 3.05) is 13.1 Å². The Kier molecular flexibility index (Phi) is 8.52. The van der Waals surface area contributed by atoms with E-state index >= 15 is 0 Å². The Labute approximate surface area is 162 Å². The maximum absolute atomic E-state index is 12.3. The minimum Gasteiger partial charge on any atom is -0.426 e. The summed E-state index contributed by atoms with van der Waals surface area (Å²) < 4.78 is 0. The molecule has 0 saturated heterocycles. The van der Waals surface area contributed by atoms with Crippen molar-refractivity contribution in [1.82, 2.24) is 10.2 Å². The molecular formula is C21H29BN2O3. The number of carbonyl (C=O) groups is 1. The zero-order valence-electron chi connectivity index (χ0n) is 16.1. The summed E-state index contributed by atoms with van der Waals surface area (Å²) in [6, 6.07) is 17.7. The fourth-order valence-electron chi connectivity index (χ4n) is 3.01. The molecule has 0 heterocycles. The summed E-state index contributed by atoms with van der Waals surface area (Å²) in [4.78, 5) is 14.5. The number of nitrogens with one attached hydrogen (secondary N) is 1. The Morgan fingerprint density at radius 1 is 1.11 bits per heavy atom. The van der Waals surface area contributed by atoms with Gasteiger partial charge in [0.1, 0.15) is 0 Å². The molecule has 3 N–H and O–H groups in total. The van der Waals surface area contributed by atoms with E-state index in [1.807, 2.05) is 42.5 Å². The molecule has 2 rings (SSSR count). The van der Waals surface area contributed by atoms with Crippen LogP contribution in [0.25, 0.3) is 0 Å². The van der Waals surface area contributed by atoms with Gasteiger partial charge in [-0.3, -0.25) is 9.69 Å². The molecule has 0 spiro atoms. The van der Waals surface area contributed by atoms with Crippen LogP contribution >= 0.6 is 0 Å². The first-order valence-corrected chi connectivity index (χ1v) is 9.46. The second-order valence-corrected chi connectivity index (χ2v) is 6.82. The molecule has 5 nitrogen and oxygen atoms in total. The lowest BCUT2D eigenvalue weighted by Crippen LogP contribution is -2.48. The van der Waals surface area contributed by atoms with E-state index in [0.717, 1.165) is 18.7 Å². The molecule has 1 amide bonds. The van der Waals surface area contributed by atoms with Gasteiger partial charge in [-0.05, 0) is 36.6 Å². The predicted molar refractivity (Wildman–Crippen MR) is 109 cm³/mol. The summed E-state index contributed by atoms with van der Waals surface area (Å²) in [5.41, 5.74) is 3.45. The monoisotopic (exact) mass is 368 g/mol. The van der Waals surface area contributed by atoms with E-state index < -0.39 is 13.1 Å². The predicted octanol–water partition coefficient (Wildman–Crippen LogP) is 1.95. The standard InChI is InChI=1S/C21H29BN2O3/c1-3-24(16-19-12-8-7-9-17(19)2)14-13-21(25)23-20(22(26)27)15-18-10-5-4-6-11-18/h4-12,20,26-27H,3,13-16H2,1-2H3,(H,23,25)/t20-/m0/s1. The van der Waals surface area contributed by atoms with Crippen LogP contribution < -0.4 is 5.32 Å². The average Bonchev–Trinajstić information content (AvgIpc) is 2.66. The Bertz CT molecular complexity index is 710. The molecule has 0 aliphatic heterocycles. The molecule has 0 radical (unpaired) electrons. The van der Waals surface area contributed by atoms with Gasteiger partial charge in [0.05, 0.1) is 5.94 Å². The van der Waals surface area contributed by atoms with Crippen molar-refractivity contribution in [3.63, 3.8) is 0 Å². The Hall–Kier alpha value is -2.15. The van der Waals surface area contributed by atoms with Gasteiger partial charge in [0.2, 0.25) is 5.91 Å². The lowest BCUT2D eigenvalue weighted by Gasteiger charge is -2.22. The van der Waals surface area contributed by atoms with Crippen LogP contribution in [0.15, 0.2) is 54.6 Å². The molecule has 2 aromatic carbocycles. The zero-order valence-corrected chi connectivity index (χ0v) is 16.1. The van der Waals surface area contributed by atoms with E-state index in [2.05, 4.69) is 36.2 Å². The van der Waals surface area contributed by atoms with E-state index in [4.69, 9.17) is 0 Å². The third-order valence-corrected chi connectivity index (χ3v) is 4.76. The van der Waals surface area contributed by atoms with Gasteiger partial charge in [0.25, 0.3) is 0 Å². The fourth-order valence-corrected chi connectivity index (χ4v) is 3.01. The van der Waals surface area contributed by atoms with Crippen LogP contribution in [0.5, 0.6) is 0 Å². The first kappa shape index (κ1) is 21.2. The van der Waals surface area contributed by atoms with Crippen LogP contribution in [0.1, 0.15) is 30.0 Å². The smallest absolute Gasteiger partial charge is 0.426 e. The molecule has 0 saturated carbocycles. The van der Waals surface area contributed by atoms with Crippen molar-refractivity contribution in [2.24, 2.45) is 0 Å². The van der Waals surface area contributed by atoms with E-state index in [1.54, 1.807) is 0 Å². The van der Waals surface area contributed by atoms with E-state index in [-0.39, 0.29) is 5.91 Å². The van der Waals surface area contributed by atoms with Gasteiger partial charge in [-0.25, -0.2) is 0 Å². The molecule has 0 aliphatic carbocycles. The number of rotatable bonds is 10. The van der Waals surface area contributed by atoms with Gasteiger partial charge in [0.15, 0.2) is 0 Å². The number of amides is 1. The van der Waals surface area contributed by atoms with Crippen molar-refractivity contribution < 1.29 is 14.8 Å². The third-order valence-electron chi connectivity index (χ3n) is 4.76. The third kappa shape index (κ3) is 7.17. The number of benzene rings is 2. The lowest BCUT2D eigenvalue weighted by atomic mass is 9.76. The van der Waals surface area contributed by atoms with Crippen molar-refractivity contribution in [3.05, 3.63) is 71.3 Å². The molecule has 0 aliphatic rings. The average molecular weight is 368 g/mol. The van der Waals surface area contributed by atoms with Crippen LogP contribution in [0.4, 0.5) is 0 Å². The maximum Gasteiger partial charge on any atom is 0.475 e. The van der Waals surface area contributed by atoms with E-state index in [1.165, 1.54) is 11.1 Å². The summed E-state index contributed by atoms with van der Waals surface area (Å²) in [6.45, 7) is 6.43. The normalized spacial score (nSPS) is 12.0. The molecule has 0 aromatic heterocycles. The molecule has 6 heteroatoms. The molecule has 0 bridgehead atoms. The molecule has 0 fully saturated rings. The number of hydrogen-bond donors (Lipinski definition) is 3. The molecule has 144 valence electrons. The first-order chi connectivity index (χ1) is 13.0. The number of nitrogens with zero attached hydrogens (tertiary/aromatic N) is 1. The van der Waals surface area contributed by atoms with Crippen LogP contribution in [0, 0.1) is 6.92 Å². The maximum atomic E-state index is 12.3. The number of aryl methyl sites for hydroxylation is 1. The fraction of sp³-hybridized carbons (Fsp3) is 0.381. The van der Waals surface area contributed by atoms with Crippen LogP contribution in [-0.4, -0.2) is 47.0 Å². The van der Waals surface area contributed by atoms with Crippen LogP contribution in [-0.2, 0) is 17.8 Å². The van der Waals surface area contributed by atoms with Crippen molar-refractivity contribution in [2.45, 2.75) is 39.2 Å². The largest absolute Gasteiger partial charge is 0.475 e. The highest BCUT2D eigenvalue weighted by Crippen LogP contribution is 2.11. The summed E-state index contributed by atoms with van der Waals surface area (Å²) in [5, 5.41) is 22.0. The molecular weight excluding hydrogens is 339 g/mol. The van der Waals surface area contributed by atoms with E-state index in [9.17, 15) is 14.8 Å². The van der Waals surface area contributed by atoms with E-state index in [0.29, 0.717) is 19.4 Å². The second-order valence-electron chi connectivity index (χ2n) is 6.82. The van der Waals surface area contributed by atoms with Gasteiger partial charge >= 0.3 is 7.12 Å². The topological polar surface area (TPSA) is 72.8 Å². The van der Waals surface area contributed by atoms with Gasteiger partial charge in [-0.1, -0.05) is 61.5 Å². The summed E-state index contributed by atoms with van der Waals surface area (Å²) >= 11 is 0. The number of hydrogen-bond acceptors (Lipinski definition) is 4. The molecule has 1 atom stereocenters. The van der Waals surface area contributed by atoms with Gasteiger partial charge in [-0.15, -0.1) is 0 Å². The zero-order chi connectivity index (χ0) is 19.6. The van der Waals surface area contributed by atoms with Gasteiger partial charge in [0, 0.05) is 19.5 Å². The highest BCUT2D eigenvalue weighted by molar-refractivity contribution is 6.43. The van der Waals surface area contributed by atoms with Gasteiger partial charge < -0.3 is 15.4 Å². The van der Waals surface area contributed by atoms with Crippen molar-refractivity contribution in [1.29, 1.82) is 0 Å². The van der Waals surface area contributed by atoms with Gasteiger partial charge in [-0.2, -0.15) is 0 Å². The quantitative estimate of drug-likeness (QED) is 0.561. The Morgan fingerprint density at radius 3 is 2.41 bits per heavy atom. The minimum absolute atomic E-state index is 0.174.